The number of Topliss-reactive ketones (excluding diaryl/α,β-unsaturated/α-hetero) is 1. The quantitative estimate of drug-likeness (QED) is 0.592. The van der Waals surface area contributed by atoms with E-state index in [0.29, 0.717) is 4.34 Å². The first-order valence-electron chi connectivity index (χ1n) is 4.76. The van der Waals surface area contributed by atoms with Crippen LogP contribution in [0, 0.1) is 16.7 Å². The Bertz CT molecular complexity index is 474. The molecular weight excluding hydrogens is 242 g/mol. The number of carbonyl (C=O) groups is 1. The first kappa shape index (κ1) is 13.0. The van der Waals surface area contributed by atoms with E-state index in [1.165, 1.54) is 11.3 Å². The number of nitriles is 1. The van der Waals surface area contributed by atoms with Gasteiger partial charge in [-0.2, -0.15) is 5.26 Å². The lowest BCUT2D eigenvalue weighted by atomic mass is 9.86. The Kier molecular flexibility index (Phi) is 3.90. The molecule has 16 heavy (non-hydrogen) atoms. The number of nitrogens with zero attached hydrogens (tertiary/aromatic N) is 1. The molecule has 0 amide bonds. The Balaban J connectivity index is 3.05. The molecule has 0 atom stereocenters. The second-order valence-electron chi connectivity index (χ2n) is 4.39. The van der Waals surface area contributed by atoms with Crippen LogP contribution >= 0.6 is 22.9 Å². The lowest BCUT2D eigenvalue weighted by Gasteiger charge is -2.15. The molecule has 0 aliphatic carbocycles. The standard InChI is InChI=1S/C12H12ClNOS/c1-12(2,3)11(15)8(7-14)6-9-4-5-10(13)16-9/h4-6H,1-3H3/b8-6+. The van der Waals surface area contributed by atoms with Crippen molar-refractivity contribution in [3.63, 3.8) is 0 Å². The molecule has 0 unspecified atom stereocenters. The molecule has 4 heteroatoms. The summed E-state index contributed by atoms with van der Waals surface area (Å²) in [4.78, 5) is 12.7. The van der Waals surface area contributed by atoms with Gasteiger partial charge in [0.15, 0.2) is 5.78 Å². The largest absolute Gasteiger partial charge is 0.293 e. The summed E-state index contributed by atoms with van der Waals surface area (Å²) in [6.45, 7) is 5.38. The van der Waals surface area contributed by atoms with E-state index in [4.69, 9.17) is 16.9 Å². The van der Waals surface area contributed by atoms with Gasteiger partial charge in [0.2, 0.25) is 0 Å². The monoisotopic (exact) mass is 253 g/mol. The Morgan fingerprint density at radius 3 is 2.50 bits per heavy atom. The van der Waals surface area contributed by atoms with Crippen molar-refractivity contribution in [2.75, 3.05) is 0 Å². The van der Waals surface area contributed by atoms with Crippen LogP contribution in [0.15, 0.2) is 17.7 Å². The highest BCUT2D eigenvalue weighted by Gasteiger charge is 2.24. The van der Waals surface area contributed by atoms with Crippen LogP contribution in [0.25, 0.3) is 6.08 Å². The number of rotatable bonds is 2. The second kappa shape index (κ2) is 4.82. The van der Waals surface area contributed by atoms with Gasteiger partial charge in [-0.1, -0.05) is 32.4 Å². The van der Waals surface area contributed by atoms with Crippen molar-refractivity contribution >= 4 is 34.8 Å². The highest BCUT2D eigenvalue weighted by Crippen LogP contribution is 2.26. The molecule has 0 saturated heterocycles. The third-order valence-corrected chi connectivity index (χ3v) is 3.11. The molecule has 0 N–H and O–H groups in total. The predicted octanol–water partition coefficient (Wildman–Crippen LogP) is 3.92. The van der Waals surface area contributed by atoms with Crippen molar-refractivity contribution in [3.8, 4) is 6.07 Å². The van der Waals surface area contributed by atoms with E-state index in [9.17, 15) is 4.79 Å². The van der Waals surface area contributed by atoms with Crippen LogP contribution in [0.1, 0.15) is 25.6 Å². The van der Waals surface area contributed by atoms with Crippen LogP contribution in [-0.2, 0) is 4.79 Å². The van der Waals surface area contributed by atoms with Gasteiger partial charge in [0.25, 0.3) is 0 Å². The summed E-state index contributed by atoms with van der Waals surface area (Å²) >= 11 is 7.12. The summed E-state index contributed by atoms with van der Waals surface area (Å²) in [7, 11) is 0. The van der Waals surface area contributed by atoms with Gasteiger partial charge in [-0.15, -0.1) is 11.3 Å². The minimum absolute atomic E-state index is 0.153. The topological polar surface area (TPSA) is 40.9 Å². The molecule has 1 aromatic heterocycles. The molecule has 1 heterocycles. The van der Waals surface area contributed by atoms with E-state index in [1.54, 1.807) is 39.0 Å². The number of hydrogen-bond acceptors (Lipinski definition) is 3. The molecule has 0 aliphatic heterocycles. The molecule has 0 radical (unpaired) electrons. The third-order valence-electron chi connectivity index (χ3n) is 1.93. The average molecular weight is 254 g/mol. The van der Waals surface area contributed by atoms with Crippen LogP contribution in [0.3, 0.4) is 0 Å². The van der Waals surface area contributed by atoms with Crippen LogP contribution in [0.5, 0.6) is 0 Å². The van der Waals surface area contributed by atoms with Crippen LogP contribution in [-0.4, -0.2) is 5.78 Å². The minimum atomic E-state index is -0.539. The van der Waals surface area contributed by atoms with Crippen molar-refractivity contribution in [2.45, 2.75) is 20.8 Å². The van der Waals surface area contributed by atoms with E-state index < -0.39 is 5.41 Å². The highest BCUT2D eigenvalue weighted by atomic mass is 35.5. The zero-order valence-electron chi connectivity index (χ0n) is 9.37. The van der Waals surface area contributed by atoms with Gasteiger partial charge < -0.3 is 0 Å². The second-order valence-corrected chi connectivity index (χ2v) is 6.14. The van der Waals surface area contributed by atoms with Crippen molar-refractivity contribution in [2.24, 2.45) is 5.41 Å². The van der Waals surface area contributed by atoms with E-state index >= 15 is 0 Å². The fourth-order valence-electron chi connectivity index (χ4n) is 1.10. The molecule has 84 valence electrons. The van der Waals surface area contributed by atoms with Gasteiger partial charge in [-0.05, 0) is 18.2 Å². The average Bonchev–Trinajstić information content (AvgIpc) is 2.58. The number of halogens is 1. The summed E-state index contributed by atoms with van der Waals surface area (Å²) in [5.41, 5.74) is -0.367. The number of hydrogen-bond donors (Lipinski definition) is 0. The van der Waals surface area contributed by atoms with Crippen molar-refractivity contribution in [3.05, 3.63) is 26.9 Å². The smallest absolute Gasteiger partial charge is 0.178 e. The molecule has 0 aromatic carbocycles. The Hall–Kier alpha value is -1.11. The summed E-state index contributed by atoms with van der Waals surface area (Å²) in [5, 5.41) is 8.96. The maximum absolute atomic E-state index is 11.9. The number of allylic oxidation sites excluding steroid dienone is 1. The van der Waals surface area contributed by atoms with Gasteiger partial charge in [0.1, 0.15) is 6.07 Å². The SMILES string of the molecule is CC(C)(C)C(=O)/C(C#N)=C/c1ccc(Cl)s1. The Labute approximate surface area is 104 Å². The zero-order chi connectivity index (χ0) is 12.3. The molecule has 1 rings (SSSR count). The summed E-state index contributed by atoms with van der Waals surface area (Å²) in [6, 6.07) is 5.48. The lowest BCUT2D eigenvalue weighted by molar-refractivity contribution is -0.121. The van der Waals surface area contributed by atoms with E-state index in [2.05, 4.69) is 0 Å². The van der Waals surface area contributed by atoms with Crippen molar-refractivity contribution < 1.29 is 4.79 Å². The molecule has 0 fully saturated rings. The van der Waals surface area contributed by atoms with E-state index in [1.807, 2.05) is 6.07 Å². The van der Waals surface area contributed by atoms with Gasteiger partial charge in [-0.25, -0.2) is 0 Å². The first-order chi connectivity index (χ1) is 7.34. The van der Waals surface area contributed by atoms with Crippen LogP contribution in [0.4, 0.5) is 0 Å². The Morgan fingerprint density at radius 2 is 2.12 bits per heavy atom. The van der Waals surface area contributed by atoms with Gasteiger partial charge in [0, 0.05) is 10.3 Å². The minimum Gasteiger partial charge on any atom is -0.293 e. The molecule has 0 saturated carbocycles. The predicted molar refractivity (Wildman–Crippen MR) is 67.4 cm³/mol. The maximum atomic E-state index is 11.9. The highest BCUT2D eigenvalue weighted by molar-refractivity contribution is 7.17. The molecular formula is C12H12ClNOS. The third kappa shape index (κ3) is 3.19. The summed E-state index contributed by atoms with van der Waals surface area (Å²) in [5.74, 6) is -0.153. The van der Waals surface area contributed by atoms with Crippen molar-refractivity contribution in [1.82, 2.24) is 0 Å². The Morgan fingerprint density at radius 1 is 1.50 bits per heavy atom. The summed E-state index contributed by atoms with van der Waals surface area (Å²) < 4.78 is 0.645. The molecule has 2 nitrogen and oxygen atoms in total. The lowest BCUT2D eigenvalue weighted by Crippen LogP contribution is -2.21. The van der Waals surface area contributed by atoms with Crippen LogP contribution < -0.4 is 0 Å². The first-order valence-corrected chi connectivity index (χ1v) is 5.96. The zero-order valence-corrected chi connectivity index (χ0v) is 10.9. The van der Waals surface area contributed by atoms with Gasteiger partial charge >= 0.3 is 0 Å². The number of thiophene rings is 1. The van der Waals surface area contributed by atoms with Gasteiger partial charge in [-0.3, -0.25) is 4.79 Å². The van der Waals surface area contributed by atoms with Gasteiger partial charge in [0.05, 0.1) is 9.91 Å². The molecule has 0 spiro atoms. The fourth-order valence-corrected chi connectivity index (χ4v) is 2.11. The maximum Gasteiger partial charge on any atom is 0.178 e. The number of ketones is 1. The molecule has 0 aliphatic rings. The molecule has 1 aromatic rings. The number of carbonyl (C=O) groups excluding carboxylic acids is 1. The summed E-state index contributed by atoms with van der Waals surface area (Å²) in [6.07, 6.45) is 1.59. The normalized spacial score (nSPS) is 12.3. The van der Waals surface area contributed by atoms with Crippen LogP contribution in [0.2, 0.25) is 4.34 Å². The fraction of sp³-hybridized carbons (Fsp3) is 0.333. The molecule has 0 bridgehead atoms. The van der Waals surface area contributed by atoms with Crippen molar-refractivity contribution in [1.29, 1.82) is 5.26 Å². The van der Waals surface area contributed by atoms with E-state index in [0.717, 1.165) is 4.88 Å². The van der Waals surface area contributed by atoms with E-state index in [-0.39, 0.29) is 11.4 Å².